The molecule has 6 rings (SSSR count). The van der Waals surface area contributed by atoms with E-state index in [1.807, 2.05) is 35.5 Å². The minimum atomic E-state index is 1.01. The van der Waals surface area contributed by atoms with Crippen molar-refractivity contribution in [3.05, 3.63) is 144 Å². The number of benzene rings is 5. The summed E-state index contributed by atoms with van der Waals surface area (Å²) in [5.74, 6) is 0. The highest BCUT2D eigenvalue weighted by Gasteiger charge is 2.11. The fraction of sp³-hybridized carbons (Fsp3) is 0.132. The highest BCUT2D eigenvalue weighted by atomic mass is 15.5. The average Bonchev–Trinajstić information content (AvgIpc) is 3.35. The predicted molar refractivity (Wildman–Crippen MR) is 177 cm³/mol. The second-order valence-electron chi connectivity index (χ2n) is 10.4. The summed E-state index contributed by atoms with van der Waals surface area (Å²) in [6.07, 6.45) is 9.92. The number of aryl methyl sites for hydroxylation is 1. The molecule has 41 heavy (non-hydrogen) atoms. The molecule has 0 N–H and O–H groups in total. The minimum absolute atomic E-state index is 1.01. The Labute approximate surface area is 242 Å². The fourth-order valence-corrected chi connectivity index (χ4v) is 5.37. The van der Waals surface area contributed by atoms with E-state index >= 15 is 0 Å². The standard InChI is InChI=1S/C38H35N3/c1-2-3-12-27-40-37-18-11-10-17-35(37)36-28-32(23-26-38(36)40)29-39-41(33-15-8-5-9-16-33)34-24-21-31(22-25-34)20-19-30-13-6-4-7-14-30/h4-11,13-26,28-29H,2-3,12,27H2,1H3. The third kappa shape index (κ3) is 6.00. The summed E-state index contributed by atoms with van der Waals surface area (Å²) in [5, 5.41) is 9.58. The van der Waals surface area contributed by atoms with Crippen LogP contribution in [-0.4, -0.2) is 10.8 Å². The Hall–Kier alpha value is -4.89. The summed E-state index contributed by atoms with van der Waals surface area (Å²) in [6.45, 7) is 3.30. The number of para-hydroxylation sites is 2. The number of hydrazone groups is 1. The zero-order chi connectivity index (χ0) is 27.9. The highest BCUT2D eigenvalue weighted by molar-refractivity contribution is 6.09. The monoisotopic (exact) mass is 533 g/mol. The van der Waals surface area contributed by atoms with Crippen molar-refractivity contribution in [3.63, 3.8) is 0 Å². The van der Waals surface area contributed by atoms with Gasteiger partial charge in [0.25, 0.3) is 0 Å². The van der Waals surface area contributed by atoms with Gasteiger partial charge in [-0.15, -0.1) is 0 Å². The van der Waals surface area contributed by atoms with Crippen molar-refractivity contribution in [1.82, 2.24) is 4.57 Å². The molecule has 0 atom stereocenters. The van der Waals surface area contributed by atoms with Gasteiger partial charge < -0.3 is 4.57 Å². The molecule has 0 spiro atoms. The molecule has 0 amide bonds. The first-order chi connectivity index (χ1) is 20.3. The van der Waals surface area contributed by atoms with Crippen LogP contribution in [-0.2, 0) is 6.54 Å². The maximum atomic E-state index is 5.00. The summed E-state index contributed by atoms with van der Waals surface area (Å²) >= 11 is 0. The summed E-state index contributed by atoms with van der Waals surface area (Å²) < 4.78 is 2.48. The molecule has 0 radical (unpaired) electrons. The zero-order valence-electron chi connectivity index (χ0n) is 23.5. The third-order valence-electron chi connectivity index (χ3n) is 7.51. The maximum Gasteiger partial charge on any atom is 0.0653 e. The van der Waals surface area contributed by atoms with Gasteiger partial charge in [0.05, 0.1) is 17.6 Å². The van der Waals surface area contributed by atoms with E-state index in [0.29, 0.717) is 0 Å². The van der Waals surface area contributed by atoms with Gasteiger partial charge in [-0.1, -0.05) is 117 Å². The number of hydrogen-bond acceptors (Lipinski definition) is 2. The second-order valence-corrected chi connectivity index (χ2v) is 10.4. The van der Waals surface area contributed by atoms with Crippen LogP contribution < -0.4 is 5.01 Å². The van der Waals surface area contributed by atoms with Crippen molar-refractivity contribution in [2.75, 3.05) is 5.01 Å². The quantitative estimate of drug-likeness (QED) is 0.0742. The van der Waals surface area contributed by atoms with Crippen molar-refractivity contribution >= 4 is 51.5 Å². The molecule has 0 saturated carbocycles. The van der Waals surface area contributed by atoms with E-state index in [0.717, 1.165) is 29.0 Å². The van der Waals surface area contributed by atoms with Gasteiger partial charge in [0.15, 0.2) is 0 Å². The molecule has 202 valence electrons. The number of nitrogens with zero attached hydrogens (tertiary/aromatic N) is 3. The molecule has 0 aliphatic heterocycles. The maximum absolute atomic E-state index is 5.00. The van der Waals surface area contributed by atoms with Crippen molar-refractivity contribution in [1.29, 1.82) is 0 Å². The Balaban J connectivity index is 1.31. The molecule has 5 aromatic carbocycles. The van der Waals surface area contributed by atoms with E-state index < -0.39 is 0 Å². The Morgan fingerprint density at radius 1 is 0.585 bits per heavy atom. The predicted octanol–water partition coefficient (Wildman–Crippen LogP) is 10.3. The lowest BCUT2D eigenvalue weighted by atomic mass is 10.1. The smallest absolute Gasteiger partial charge is 0.0653 e. The van der Waals surface area contributed by atoms with Gasteiger partial charge in [-0.25, -0.2) is 5.01 Å². The van der Waals surface area contributed by atoms with E-state index in [4.69, 9.17) is 5.10 Å². The molecule has 0 aliphatic carbocycles. The van der Waals surface area contributed by atoms with Gasteiger partial charge in [-0.3, -0.25) is 0 Å². The second kappa shape index (κ2) is 12.5. The summed E-state index contributed by atoms with van der Waals surface area (Å²) in [4.78, 5) is 0. The lowest BCUT2D eigenvalue weighted by Crippen LogP contribution is -2.09. The van der Waals surface area contributed by atoms with Gasteiger partial charge in [0.2, 0.25) is 0 Å². The molecule has 0 unspecified atom stereocenters. The van der Waals surface area contributed by atoms with Crippen LogP contribution in [0.15, 0.2) is 132 Å². The summed E-state index contributed by atoms with van der Waals surface area (Å²) in [5.41, 5.74) is 8.04. The van der Waals surface area contributed by atoms with Crippen LogP contribution in [0.3, 0.4) is 0 Å². The van der Waals surface area contributed by atoms with E-state index in [-0.39, 0.29) is 0 Å². The molecule has 3 heteroatoms. The first-order valence-corrected chi connectivity index (χ1v) is 14.5. The topological polar surface area (TPSA) is 20.5 Å². The molecule has 3 nitrogen and oxygen atoms in total. The molecule has 0 bridgehead atoms. The number of hydrogen-bond donors (Lipinski definition) is 0. The van der Waals surface area contributed by atoms with Crippen molar-refractivity contribution < 1.29 is 0 Å². The Morgan fingerprint density at radius 2 is 1.20 bits per heavy atom. The number of fused-ring (bicyclic) bond motifs is 3. The largest absolute Gasteiger partial charge is 0.340 e. The number of aromatic nitrogens is 1. The van der Waals surface area contributed by atoms with Crippen LogP contribution in [0.1, 0.15) is 42.9 Å². The summed E-state index contributed by atoms with van der Waals surface area (Å²) in [7, 11) is 0. The van der Waals surface area contributed by atoms with Crippen molar-refractivity contribution in [2.24, 2.45) is 5.10 Å². The van der Waals surface area contributed by atoms with Gasteiger partial charge >= 0.3 is 0 Å². The van der Waals surface area contributed by atoms with Gasteiger partial charge in [-0.2, -0.15) is 5.10 Å². The van der Waals surface area contributed by atoms with Crippen LogP contribution in [0.25, 0.3) is 34.0 Å². The molecule has 0 aliphatic rings. The van der Waals surface area contributed by atoms with Gasteiger partial charge in [-0.05, 0) is 65.6 Å². The fourth-order valence-electron chi connectivity index (χ4n) is 5.37. The Bertz CT molecular complexity index is 1780. The van der Waals surface area contributed by atoms with Crippen LogP contribution in [0.2, 0.25) is 0 Å². The first kappa shape index (κ1) is 26.3. The lowest BCUT2D eigenvalue weighted by molar-refractivity contribution is 0.627. The van der Waals surface area contributed by atoms with Crippen LogP contribution in [0.4, 0.5) is 11.4 Å². The van der Waals surface area contributed by atoms with Crippen LogP contribution in [0, 0.1) is 0 Å². The van der Waals surface area contributed by atoms with E-state index in [9.17, 15) is 0 Å². The van der Waals surface area contributed by atoms with Gasteiger partial charge in [0.1, 0.15) is 0 Å². The van der Waals surface area contributed by atoms with Crippen LogP contribution in [0.5, 0.6) is 0 Å². The molecule has 1 heterocycles. The van der Waals surface area contributed by atoms with Crippen molar-refractivity contribution in [3.8, 4) is 0 Å². The average molecular weight is 534 g/mol. The number of rotatable bonds is 10. The normalized spacial score (nSPS) is 11.7. The van der Waals surface area contributed by atoms with E-state index in [1.165, 1.54) is 46.6 Å². The molecule has 6 aromatic rings. The van der Waals surface area contributed by atoms with Crippen molar-refractivity contribution in [2.45, 2.75) is 32.7 Å². The molecular formula is C38H35N3. The Kier molecular flexibility index (Phi) is 8.05. The molecular weight excluding hydrogens is 498 g/mol. The Morgan fingerprint density at radius 3 is 1.95 bits per heavy atom. The number of anilines is 2. The van der Waals surface area contributed by atoms with E-state index in [2.05, 4.69) is 127 Å². The van der Waals surface area contributed by atoms with Crippen LogP contribution >= 0.6 is 0 Å². The lowest BCUT2D eigenvalue weighted by Gasteiger charge is -2.19. The molecule has 0 saturated heterocycles. The van der Waals surface area contributed by atoms with E-state index in [1.54, 1.807) is 0 Å². The zero-order valence-corrected chi connectivity index (χ0v) is 23.5. The molecule has 0 fully saturated rings. The summed E-state index contributed by atoms with van der Waals surface area (Å²) in [6, 6.07) is 44.7. The highest BCUT2D eigenvalue weighted by Crippen LogP contribution is 2.31. The van der Waals surface area contributed by atoms with Gasteiger partial charge in [0, 0.05) is 28.4 Å². The third-order valence-corrected chi connectivity index (χ3v) is 7.51. The number of unbranched alkanes of at least 4 members (excludes halogenated alkanes) is 2. The first-order valence-electron chi connectivity index (χ1n) is 14.5. The minimum Gasteiger partial charge on any atom is -0.340 e. The SMILES string of the molecule is CCCCCn1c2ccccc2c2cc(C=NN(c3ccccc3)c3ccc(C=Cc4ccccc4)cc3)ccc21. The molecule has 1 aromatic heterocycles.